The van der Waals surface area contributed by atoms with Crippen molar-refractivity contribution in [3.05, 3.63) is 95.3 Å². The number of hydrogen-bond acceptors (Lipinski definition) is 2. The third-order valence-electron chi connectivity index (χ3n) is 4.08. The molecule has 3 aromatic carbocycles. The molecule has 0 bridgehead atoms. The van der Waals surface area contributed by atoms with Gasteiger partial charge in [0.05, 0.1) is 17.1 Å². The zero-order valence-electron chi connectivity index (χ0n) is 14.7. The van der Waals surface area contributed by atoms with Crippen LogP contribution in [0.15, 0.2) is 77.7 Å². The van der Waals surface area contributed by atoms with E-state index in [0.717, 1.165) is 22.8 Å². The zero-order chi connectivity index (χ0) is 18.7. The monoisotopic (exact) mass is 369 g/mol. The summed E-state index contributed by atoms with van der Waals surface area (Å²) in [5.74, 6) is -0.578. The van der Waals surface area contributed by atoms with Gasteiger partial charge in [-0.2, -0.15) is 0 Å². The van der Waals surface area contributed by atoms with E-state index in [-0.39, 0.29) is 11.4 Å². The molecule has 0 radical (unpaired) electrons. The summed E-state index contributed by atoms with van der Waals surface area (Å²) in [6.07, 6.45) is 0. The molecule has 0 saturated heterocycles. The minimum absolute atomic E-state index is 0.0633. The molecule has 0 spiro atoms. The molecule has 0 aliphatic carbocycles. The highest BCUT2D eigenvalue weighted by Crippen LogP contribution is 2.27. The van der Waals surface area contributed by atoms with Crippen LogP contribution in [0.25, 0.3) is 0 Å². The normalized spacial score (nSPS) is 11.3. The Morgan fingerprint density at radius 2 is 1.50 bits per heavy atom. The van der Waals surface area contributed by atoms with Crippen LogP contribution in [-0.2, 0) is 16.6 Å². The van der Waals surface area contributed by atoms with Gasteiger partial charge < -0.3 is 0 Å². The van der Waals surface area contributed by atoms with E-state index < -0.39 is 15.8 Å². The van der Waals surface area contributed by atoms with Crippen molar-refractivity contribution in [3.8, 4) is 0 Å². The van der Waals surface area contributed by atoms with E-state index in [9.17, 15) is 12.8 Å². The molecule has 3 aromatic rings. The van der Waals surface area contributed by atoms with E-state index in [1.165, 1.54) is 22.5 Å². The number of halogens is 1. The van der Waals surface area contributed by atoms with Crippen molar-refractivity contribution in [2.45, 2.75) is 25.3 Å². The smallest absolute Gasteiger partial charge is 0.262 e. The van der Waals surface area contributed by atoms with Gasteiger partial charge >= 0.3 is 0 Å². The molecule has 0 amide bonds. The van der Waals surface area contributed by atoms with Gasteiger partial charge in [0.2, 0.25) is 0 Å². The third kappa shape index (κ3) is 3.94. The Bertz CT molecular complexity index is 1030. The van der Waals surface area contributed by atoms with Gasteiger partial charge in [-0.15, -0.1) is 0 Å². The summed E-state index contributed by atoms with van der Waals surface area (Å²) < 4.78 is 41.4. The quantitative estimate of drug-likeness (QED) is 0.645. The lowest BCUT2D eigenvalue weighted by Gasteiger charge is -2.25. The van der Waals surface area contributed by atoms with E-state index in [1.54, 1.807) is 6.07 Å². The van der Waals surface area contributed by atoms with E-state index >= 15 is 0 Å². The van der Waals surface area contributed by atoms with Gasteiger partial charge in [0.25, 0.3) is 10.0 Å². The van der Waals surface area contributed by atoms with E-state index in [2.05, 4.69) is 0 Å². The SMILES string of the molecule is Cc1cccc(CN(c2cccc(C)c2)S(=O)(=O)c2cccc(F)c2)c1. The molecule has 0 fully saturated rings. The summed E-state index contributed by atoms with van der Waals surface area (Å²) in [6, 6.07) is 20.1. The second-order valence-electron chi connectivity index (χ2n) is 6.30. The Morgan fingerprint density at radius 3 is 2.15 bits per heavy atom. The van der Waals surface area contributed by atoms with Gasteiger partial charge in [-0.05, 0) is 55.3 Å². The van der Waals surface area contributed by atoms with Gasteiger partial charge in [0.1, 0.15) is 5.82 Å². The number of anilines is 1. The Kier molecular flexibility index (Phi) is 5.09. The predicted octanol–water partition coefficient (Wildman–Crippen LogP) is 4.84. The van der Waals surface area contributed by atoms with Gasteiger partial charge in [-0.1, -0.05) is 48.0 Å². The number of aryl methyl sites for hydroxylation is 2. The topological polar surface area (TPSA) is 37.4 Å². The fourth-order valence-electron chi connectivity index (χ4n) is 2.83. The molecule has 0 atom stereocenters. The van der Waals surface area contributed by atoms with Crippen molar-refractivity contribution >= 4 is 15.7 Å². The van der Waals surface area contributed by atoms with Crippen molar-refractivity contribution in [1.29, 1.82) is 0 Å². The van der Waals surface area contributed by atoms with Crippen molar-refractivity contribution in [3.63, 3.8) is 0 Å². The molecule has 0 aliphatic heterocycles. The minimum atomic E-state index is -3.91. The number of nitrogens with zero attached hydrogens (tertiary/aromatic N) is 1. The van der Waals surface area contributed by atoms with Crippen LogP contribution in [0.4, 0.5) is 10.1 Å². The molecule has 26 heavy (non-hydrogen) atoms. The fourth-order valence-corrected chi connectivity index (χ4v) is 4.31. The molecule has 3 nitrogen and oxygen atoms in total. The highest BCUT2D eigenvalue weighted by atomic mass is 32.2. The average molecular weight is 369 g/mol. The lowest BCUT2D eigenvalue weighted by molar-refractivity contribution is 0.585. The van der Waals surface area contributed by atoms with Crippen molar-refractivity contribution in [1.82, 2.24) is 0 Å². The molecule has 0 saturated carbocycles. The maximum Gasteiger partial charge on any atom is 0.264 e. The molecule has 3 rings (SSSR count). The maximum atomic E-state index is 13.6. The molecular weight excluding hydrogens is 349 g/mol. The van der Waals surface area contributed by atoms with Crippen molar-refractivity contribution in [2.24, 2.45) is 0 Å². The van der Waals surface area contributed by atoms with Crippen LogP contribution < -0.4 is 4.31 Å². The molecule has 134 valence electrons. The first-order chi connectivity index (χ1) is 12.4. The first kappa shape index (κ1) is 18.1. The van der Waals surface area contributed by atoms with E-state index in [0.29, 0.717) is 5.69 Å². The van der Waals surface area contributed by atoms with E-state index in [1.807, 2.05) is 56.3 Å². The van der Waals surface area contributed by atoms with Crippen LogP contribution in [0, 0.1) is 19.7 Å². The van der Waals surface area contributed by atoms with Gasteiger partial charge in [0, 0.05) is 0 Å². The first-order valence-electron chi connectivity index (χ1n) is 8.27. The minimum Gasteiger partial charge on any atom is -0.262 e. The summed E-state index contributed by atoms with van der Waals surface area (Å²) in [6.45, 7) is 4.04. The second kappa shape index (κ2) is 7.30. The molecule has 0 unspecified atom stereocenters. The highest BCUT2D eigenvalue weighted by Gasteiger charge is 2.25. The van der Waals surface area contributed by atoms with Crippen LogP contribution in [0.1, 0.15) is 16.7 Å². The number of sulfonamides is 1. The first-order valence-corrected chi connectivity index (χ1v) is 9.71. The Labute approximate surface area is 153 Å². The van der Waals surface area contributed by atoms with Crippen LogP contribution in [0.5, 0.6) is 0 Å². The summed E-state index contributed by atoms with van der Waals surface area (Å²) in [4.78, 5) is -0.0633. The summed E-state index contributed by atoms with van der Waals surface area (Å²) in [5.41, 5.74) is 3.42. The fraction of sp³-hybridized carbons (Fsp3) is 0.143. The summed E-state index contributed by atoms with van der Waals surface area (Å²) in [7, 11) is -3.91. The molecule has 0 aliphatic rings. The van der Waals surface area contributed by atoms with Crippen LogP contribution in [0.2, 0.25) is 0 Å². The molecule has 0 N–H and O–H groups in total. The lowest BCUT2D eigenvalue weighted by Crippen LogP contribution is -2.30. The summed E-state index contributed by atoms with van der Waals surface area (Å²) >= 11 is 0. The van der Waals surface area contributed by atoms with Gasteiger partial charge in [-0.3, -0.25) is 4.31 Å². The molecule has 0 heterocycles. The lowest BCUT2D eigenvalue weighted by atomic mass is 10.1. The Hall–Kier alpha value is -2.66. The van der Waals surface area contributed by atoms with Crippen LogP contribution in [0.3, 0.4) is 0 Å². The number of rotatable bonds is 5. The van der Waals surface area contributed by atoms with Gasteiger partial charge in [0.15, 0.2) is 0 Å². The number of hydrogen-bond donors (Lipinski definition) is 0. The maximum absolute atomic E-state index is 13.6. The highest BCUT2D eigenvalue weighted by molar-refractivity contribution is 7.92. The van der Waals surface area contributed by atoms with Crippen LogP contribution >= 0.6 is 0 Å². The Morgan fingerprint density at radius 1 is 0.846 bits per heavy atom. The molecule has 0 aromatic heterocycles. The zero-order valence-corrected chi connectivity index (χ0v) is 15.5. The molecular formula is C21H20FNO2S. The predicted molar refractivity (Wildman–Crippen MR) is 102 cm³/mol. The standard InChI is InChI=1S/C21H20FNO2S/c1-16-6-3-8-18(12-16)15-23(20-10-4-7-17(2)13-20)26(24,25)21-11-5-9-19(22)14-21/h3-14H,15H2,1-2H3. The van der Waals surface area contributed by atoms with E-state index in [4.69, 9.17) is 0 Å². The van der Waals surface area contributed by atoms with Crippen molar-refractivity contribution in [2.75, 3.05) is 4.31 Å². The summed E-state index contributed by atoms with van der Waals surface area (Å²) in [5, 5.41) is 0. The molecule has 5 heteroatoms. The average Bonchev–Trinajstić information content (AvgIpc) is 2.59. The van der Waals surface area contributed by atoms with Crippen LogP contribution in [-0.4, -0.2) is 8.42 Å². The number of benzene rings is 3. The Balaban J connectivity index is 2.11. The largest absolute Gasteiger partial charge is 0.264 e. The van der Waals surface area contributed by atoms with Crippen molar-refractivity contribution < 1.29 is 12.8 Å². The second-order valence-corrected chi connectivity index (χ2v) is 8.16. The third-order valence-corrected chi connectivity index (χ3v) is 5.85. The van der Waals surface area contributed by atoms with Gasteiger partial charge in [-0.25, -0.2) is 12.8 Å².